The van der Waals surface area contributed by atoms with E-state index in [1.165, 1.54) is 38.5 Å². The zero-order valence-electron chi connectivity index (χ0n) is 9.36. The van der Waals surface area contributed by atoms with Crippen LogP contribution in [0.1, 0.15) is 59.3 Å². The molecule has 0 aromatic heterocycles. The normalized spacial score (nSPS) is 9.00. The first kappa shape index (κ1) is 14.5. The van der Waals surface area contributed by atoms with Crippen LogP contribution in [-0.2, 0) is 4.74 Å². The van der Waals surface area contributed by atoms with Gasteiger partial charge in [0.05, 0.1) is 0 Å². The van der Waals surface area contributed by atoms with Crippen LogP contribution in [0, 0.1) is 0 Å². The van der Waals surface area contributed by atoms with Gasteiger partial charge in [0, 0.05) is 13.7 Å². The third-order valence-electron chi connectivity index (χ3n) is 1.45. The molecule has 0 saturated heterocycles. The van der Waals surface area contributed by atoms with E-state index in [0.29, 0.717) is 0 Å². The molecule has 0 bridgehead atoms. The van der Waals surface area contributed by atoms with Crippen LogP contribution in [0.2, 0.25) is 0 Å². The van der Waals surface area contributed by atoms with Gasteiger partial charge in [0.15, 0.2) is 0 Å². The lowest BCUT2D eigenvalue weighted by molar-refractivity contribution is 0.192. The van der Waals surface area contributed by atoms with Crippen LogP contribution < -0.4 is 0 Å². The average molecular weight is 174 g/mol. The van der Waals surface area contributed by atoms with Crippen LogP contribution in [-0.4, -0.2) is 13.7 Å². The first-order chi connectivity index (χ1) is 5.83. The lowest BCUT2D eigenvalue weighted by Crippen LogP contribution is -1.87. The van der Waals surface area contributed by atoms with Gasteiger partial charge in [-0.3, -0.25) is 0 Å². The molecule has 0 aliphatic rings. The van der Waals surface area contributed by atoms with Crippen LogP contribution in [0.5, 0.6) is 0 Å². The Balaban J connectivity index is 0. The predicted octanol–water partition coefficient (Wildman–Crippen LogP) is 4.02. The summed E-state index contributed by atoms with van der Waals surface area (Å²) in [7, 11) is 1.76. The fourth-order valence-electron chi connectivity index (χ4n) is 0.850. The molecule has 0 unspecified atom stereocenters. The van der Waals surface area contributed by atoms with Crippen molar-refractivity contribution in [1.82, 2.24) is 0 Å². The Morgan fingerprint density at radius 2 is 1.33 bits per heavy atom. The standard InChI is InChI=1S/C8H18O.C3H8/c1-3-4-5-6-7-8-9-2;1-3-2/h3-8H2,1-2H3;3H2,1-2H3. The van der Waals surface area contributed by atoms with Gasteiger partial charge in [0.2, 0.25) is 0 Å². The highest BCUT2D eigenvalue weighted by atomic mass is 16.5. The monoisotopic (exact) mass is 174 g/mol. The van der Waals surface area contributed by atoms with Gasteiger partial charge in [-0.1, -0.05) is 52.9 Å². The number of hydrogen-bond donors (Lipinski definition) is 0. The summed E-state index contributed by atoms with van der Waals surface area (Å²) in [5.41, 5.74) is 0. The van der Waals surface area contributed by atoms with E-state index < -0.39 is 0 Å². The summed E-state index contributed by atoms with van der Waals surface area (Å²) >= 11 is 0. The van der Waals surface area contributed by atoms with Gasteiger partial charge in [0.1, 0.15) is 0 Å². The second-order valence-electron chi connectivity index (χ2n) is 3.11. The minimum atomic E-state index is 0.934. The van der Waals surface area contributed by atoms with E-state index >= 15 is 0 Å². The van der Waals surface area contributed by atoms with Crippen LogP contribution >= 0.6 is 0 Å². The molecule has 0 rings (SSSR count). The highest BCUT2D eigenvalue weighted by molar-refractivity contribution is 4.40. The number of ether oxygens (including phenoxy) is 1. The van der Waals surface area contributed by atoms with Crippen molar-refractivity contribution in [2.45, 2.75) is 59.3 Å². The van der Waals surface area contributed by atoms with E-state index in [0.717, 1.165) is 6.61 Å². The fraction of sp³-hybridized carbons (Fsp3) is 1.00. The molecular weight excluding hydrogens is 148 g/mol. The van der Waals surface area contributed by atoms with Crippen LogP contribution in [0.3, 0.4) is 0 Å². The van der Waals surface area contributed by atoms with E-state index in [-0.39, 0.29) is 0 Å². The zero-order chi connectivity index (χ0) is 9.66. The SMILES string of the molecule is CCC.CCCCCCCOC. The number of rotatable bonds is 6. The quantitative estimate of drug-likeness (QED) is 0.553. The summed E-state index contributed by atoms with van der Waals surface area (Å²) in [5, 5.41) is 0. The van der Waals surface area contributed by atoms with Gasteiger partial charge in [-0.15, -0.1) is 0 Å². The molecule has 1 heteroatoms. The van der Waals surface area contributed by atoms with E-state index in [1.807, 2.05) is 0 Å². The third-order valence-corrected chi connectivity index (χ3v) is 1.45. The second-order valence-corrected chi connectivity index (χ2v) is 3.11. The lowest BCUT2D eigenvalue weighted by atomic mass is 10.2. The van der Waals surface area contributed by atoms with Crippen molar-refractivity contribution >= 4 is 0 Å². The molecule has 0 spiro atoms. The Bertz CT molecular complexity index is 47.0. The molecule has 0 aliphatic carbocycles. The third kappa shape index (κ3) is 22.5. The minimum Gasteiger partial charge on any atom is -0.385 e. The summed E-state index contributed by atoms with van der Waals surface area (Å²) < 4.78 is 4.92. The Morgan fingerprint density at radius 3 is 1.75 bits per heavy atom. The smallest absolute Gasteiger partial charge is 0.0462 e. The van der Waals surface area contributed by atoms with Crippen molar-refractivity contribution < 1.29 is 4.74 Å². The van der Waals surface area contributed by atoms with E-state index in [2.05, 4.69) is 20.8 Å². The first-order valence-corrected chi connectivity index (χ1v) is 5.32. The Labute approximate surface area is 78.5 Å². The maximum absolute atomic E-state index is 4.92. The molecule has 0 heterocycles. The molecule has 0 amide bonds. The Morgan fingerprint density at radius 1 is 0.833 bits per heavy atom. The molecule has 0 aliphatic heterocycles. The van der Waals surface area contributed by atoms with E-state index in [1.54, 1.807) is 7.11 Å². The zero-order valence-corrected chi connectivity index (χ0v) is 9.36. The first-order valence-electron chi connectivity index (χ1n) is 5.32. The van der Waals surface area contributed by atoms with Crippen molar-refractivity contribution in [2.24, 2.45) is 0 Å². The molecule has 76 valence electrons. The molecule has 0 radical (unpaired) electrons. The average Bonchev–Trinajstić information content (AvgIpc) is 2.06. The molecule has 0 atom stereocenters. The fourth-order valence-corrected chi connectivity index (χ4v) is 0.850. The molecule has 0 aromatic rings. The van der Waals surface area contributed by atoms with Gasteiger partial charge in [0.25, 0.3) is 0 Å². The summed E-state index contributed by atoms with van der Waals surface area (Å²) in [4.78, 5) is 0. The van der Waals surface area contributed by atoms with Crippen molar-refractivity contribution in [1.29, 1.82) is 0 Å². The largest absolute Gasteiger partial charge is 0.385 e. The Hall–Kier alpha value is -0.0400. The van der Waals surface area contributed by atoms with Gasteiger partial charge in [-0.25, -0.2) is 0 Å². The summed E-state index contributed by atoms with van der Waals surface area (Å²) in [6.45, 7) is 7.42. The lowest BCUT2D eigenvalue weighted by Gasteiger charge is -1.97. The van der Waals surface area contributed by atoms with Crippen molar-refractivity contribution in [2.75, 3.05) is 13.7 Å². The van der Waals surface area contributed by atoms with Gasteiger partial charge in [-0.2, -0.15) is 0 Å². The van der Waals surface area contributed by atoms with Crippen molar-refractivity contribution in [3.8, 4) is 0 Å². The number of methoxy groups -OCH3 is 1. The summed E-state index contributed by atoms with van der Waals surface area (Å²) in [6.07, 6.45) is 7.90. The van der Waals surface area contributed by atoms with Gasteiger partial charge in [-0.05, 0) is 6.42 Å². The van der Waals surface area contributed by atoms with Crippen molar-refractivity contribution in [3.63, 3.8) is 0 Å². The number of unbranched alkanes of at least 4 members (excludes halogenated alkanes) is 4. The highest BCUT2D eigenvalue weighted by Gasteiger charge is 1.85. The van der Waals surface area contributed by atoms with E-state index in [9.17, 15) is 0 Å². The van der Waals surface area contributed by atoms with Gasteiger partial charge >= 0.3 is 0 Å². The molecular formula is C11H26O. The molecule has 0 saturated carbocycles. The van der Waals surface area contributed by atoms with Crippen LogP contribution in [0.15, 0.2) is 0 Å². The van der Waals surface area contributed by atoms with E-state index in [4.69, 9.17) is 4.74 Å². The molecule has 0 N–H and O–H groups in total. The minimum absolute atomic E-state index is 0.934. The van der Waals surface area contributed by atoms with Gasteiger partial charge < -0.3 is 4.74 Å². The molecule has 1 nitrogen and oxygen atoms in total. The van der Waals surface area contributed by atoms with Crippen LogP contribution in [0.25, 0.3) is 0 Å². The molecule has 0 fully saturated rings. The molecule has 12 heavy (non-hydrogen) atoms. The topological polar surface area (TPSA) is 9.23 Å². The Kier molecular flexibility index (Phi) is 20.7. The number of hydrogen-bond acceptors (Lipinski definition) is 1. The maximum atomic E-state index is 4.92. The highest BCUT2D eigenvalue weighted by Crippen LogP contribution is 2.01. The summed E-state index contributed by atoms with van der Waals surface area (Å²) in [5.74, 6) is 0. The van der Waals surface area contributed by atoms with Crippen LogP contribution in [0.4, 0.5) is 0 Å². The predicted molar refractivity (Wildman–Crippen MR) is 56.6 cm³/mol. The molecule has 0 aromatic carbocycles. The maximum Gasteiger partial charge on any atom is 0.0462 e. The summed E-state index contributed by atoms with van der Waals surface area (Å²) in [6, 6.07) is 0. The van der Waals surface area contributed by atoms with Crippen molar-refractivity contribution in [3.05, 3.63) is 0 Å². The second kappa shape index (κ2) is 17.2.